The van der Waals surface area contributed by atoms with Crippen molar-refractivity contribution in [3.63, 3.8) is 0 Å². The van der Waals surface area contributed by atoms with Crippen LogP contribution in [0, 0.1) is 5.92 Å². The third-order valence-electron chi connectivity index (χ3n) is 2.53. The van der Waals surface area contributed by atoms with Gasteiger partial charge in [-0.25, -0.2) is 0 Å². The Hall–Kier alpha value is -0.910. The van der Waals surface area contributed by atoms with Crippen molar-refractivity contribution in [3.05, 3.63) is 0 Å². The van der Waals surface area contributed by atoms with Gasteiger partial charge in [0.25, 0.3) is 0 Å². The molecule has 2 atom stereocenters. The normalized spacial score (nSPS) is 13.8. The molecule has 0 rings (SSSR count). The number of hydrogen-bond acceptors (Lipinski definition) is 4. The maximum absolute atomic E-state index is 11.8. The highest BCUT2D eigenvalue weighted by atomic mass is 32.2. The first-order valence-corrected chi connectivity index (χ1v) is 7.74. The summed E-state index contributed by atoms with van der Waals surface area (Å²) in [6.07, 6.45) is 0. The summed E-state index contributed by atoms with van der Waals surface area (Å²) in [5.74, 6) is -0.775. The molecule has 0 aromatic carbocycles. The van der Waals surface area contributed by atoms with E-state index in [1.54, 1.807) is 18.7 Å². The predicted molar refractivity (Wildman–Crippen MR) is 71.6 cm³/mol. The van der Waals surface area contributed by atoms with Gasteiger partial charge in [0.1, 0.15) is 5.75 Å². The van der Waals surface area contributed by atoms with Gasteiger partial charge in [-0.1, -0.05) is 6.92 Å². The van der Waals surface area contributed by atoms with Crippen LogP contribution in [0.3, 0.4) is 0 Å². The molecular weight excluding hydrogens is 254 g/mol. The molecule has 0 N–H and O–H groups in total. The highest BCUT2D eigenvalue weighted by molar-refractivity contribution is 7.85. The van der Waals surface area contributed by atoms with Crippen molar-refractivity contribution in [1.29, 1.82) is 0 Å². The molecule has 0 aliphatic carbocycles. The lowest BCUT2D eigenvalue weighted by atomic mass is 10.2. The molecule has 0 radical (unpaired) electrons. The van der Waals surface area contributed by atoms with Crippen LogP contribution in [0.25, 0.3) is 0 Å². The van der Waals surface area contributed by atoms with E-state index in [2.05, 4.69) is 0 Å². The Labute approximate surface area is 111 Å². The molecule has 2 unspecified atom stereocenters. The average molecular weight is 277 g/mol. The standard InChI is InChI=1S/C12H23NO4S/c1-5-13(6-2)11(14)9-18(16)8-10(4)12(15)17-7-3/h10H,5-9H2,1-4H3. The number of nitrogens with zero attached hydrogens (tertiary/aromatic N) is 1. The minimum Gasteiger partial charge on any atom is -0.466 e. The summed E-state index contributed by atoms with van der Waals surface area (Å²) < 4.78 is 16.6. The van der Waals surface area contributed by atoms with Gasteiger partial charge in [-0.15, -0.1) is 0 Å². The Balaban J connectivity index is 4.18. The van der Waals surface area contributed by atoms with Gasteiger partial charge < -0.3 is 9.64 Å². The molecule has 0 aromatic heterocycles. The van der Waals surface area contributed by atoms with Crippen LogP contribution < -0.4 is 0 Å². The largest absolute Gasteiger partial charge is 0.466 e. The van der Waals surface area contributed by atoms with Gasteiger partial charge in [0.15, 0.2) is 0 Å². The van der Waals surface area contributed by atoms with E-state index in [-0.39, 0.29) is 23.4 Å². The topological polar surface area (TPSA) is 63.7 Å². The van der Waals surface area contributed by atoms with Crippen LogP contribution in [-0.2, 0) is 25.1 Å². The molecule has 0 saturated carbocycles. The molecule has 0 fully saturated rings. The lowest BCUT2D eigenvalue weighted by Crippen LogP contribution is -2.35. The van der Waals surface area contributed by atoms with Crippen LogP contribution in [0.5, 0.6) is 0 Å². The van der Waals surface area contributed by atoms with Crippen molar-refractivity contribution in [2.24, 2.45) is 5.92 Å². The monoisotopic (exact) mass is 277 g/mol. The van der Waals surface area contributed by atoms with Crippen LogP contribution >= 0.6 is 0 Å². The summed E-state index contributed by atoms with van der Waals surface area (Å²) >= 11 is 0. The fraction of sp³-hybridized carbons (Fsp3) is 0.833. The van der Waals surface area contributed by atoms with Crippen molar-refractivity contribution >= 4 is 22.7 Å². The number of ether oxygens (including phenoxy) is 1. The number of hydrogen-bond donors (Lipinski definition) is 0. The molecule has 0 spiro atoms. The Kier molecular flexibility index (Phi) is 8.62. The quantitative estimate of drug-likeness (QED) is 0.616. The molecule has 106 valence electrons. The maximum Gasteiger partial charge on any atom is 0.309 e. The van der Waals surface area contributed by atoms with Gasteiger partial charge >= 0.3 is 5.97 Å². The zero-order chi connectivity index (χ0) is 14.1. The number of carbonyl (C=O) groups is 2. The van der Waals surface area contributed by atoms with Crippen molar-refractivity contribution in [2.75, 3.05) is 31.2 Å². The Bertz CT molecular complexity index is 302. The van der Waals surface area contributed by atoms with Crippen LogP contribution in [0.2, 0.25) is 0 Å². The summed E-state index contributed by atoms with van der Waals surface area (Å²) in [7, 11) is -1.32. The molecule has 0 bridgehead atoms. The number of amides is 1. The highest BCUT2D eigenvalue weighted by Crippen LogP contribution is 2.03. The molecule has 0 aromatic rings. The fourth-order valence-corrected chi connectivity index (χ4v) is 2.77. The van der Waals surface area contributed by atoms with E-state index in [1.165, 1.54) is 0 Å². The van der Waals surface area contributed by atoms with Gasteiger partial charge in [0.2, 0.25) is 5.91 Å². The molecule has 1 amide bonds. The predicted octanol–water partition coefficient (Wildman–Crippen LogP) is 0.803. The van der Waals surface area contributed by atoms with E-state index in [1.807, 2.05) is 13.8 Å². The first-order valence-electron chi connectivity index (χ1n) is 6.25. The van der Waals surface area contributed by atoms with Crippen molar-refractivity contribution < 1.29 is 18.5 Å². The molecule has 0 saturated heterocycles. The molecule has 5 nitrogen and oxygen atoms in total. The lowest BCUT2D eigenvalue weighted by Gasteiger charge is -2.18. The second kappa shape index (κ2) is 9.08. The van der Waals surface area contributed by atoms with Crippen molar-refractivity contribution in [3.8, 4) is 0 Å². The van der Waals surface area contributed by atoms with Crippen molar-refractivity contribution in [2.45, 2.75) is 27.7 Å². The van der Waals surface area contributed by atoms with Crippen LogP contribution in [-0.4, -0.2) is 52.2 Å². The maximum atomic E-state index is 11.8. The summed E-state index contributed by atoms with van der Waals surface area (Å²) in [5.41, 5.74) is 0. The smallest absolute Gasteiger partial charge is 0.309 e. The zero-order valence-corrected chi connectivity index (χ0v) is 12.4. The average Bonchev–Trinajstić information content (AvgIpc) is 2.30. The third kappa shape index (κ3) is 6.14. The van der Waals surface area contributed by atoms with Gasteiger partial charge in [-0.2, -0.15) is 0 Å². The van der Waals surface area contributed by atoms with Crippen LogP contribution in [0.1, 0.15) is 27.7 Å². The van der Waals surface area contributed by atoms with E-state index in [9.17, 15) is 13.8 Å². The first kappa shape index (κ1) is 17.1. The second-order valence-corrected chi connectivity index (χ2v) is 5.47. The third-order valence-corrected chi connectivity index (χ3v) is 3.97. The SMILES string of the molecule is CCOC(=O)C(C)CS(=O)CC(=O)N(CC)CC. The molecule has 0 heterocycles. The van der Waals surface area contributed by atoms with Gasteiger partial charge in [-0.05, 0) is 20.8 Å². The minimum absolute atomic E-state index is 0.0224. The van der Waals surface area contributed by atoms with Gasteiger partial charge in [-0.3, -0.25) is 13.8 Å². The zero-order valence-electron chi connectivity index (χ0n) is 11.6. The van der Waals surface area contributed by atoms with E-state index < -0.39 is 16.7 Å². The van der Waals surface area contributed by atoms with E-state index in [0.29, 0.717) is 19.7 Å². The van der Waals surface area contributed by atoms with E-state index in [4.69, 9.17) is 4.74 Å². The Morgan fingerprint density at radius 2 is 1.78 bits per heavy atom. The molecule has 6 heteroatoms. The first-order chi connectivity index (χ1) is 8.46. The summed E-state index contributed by atoms with van der Waals surface area (Å²) in [5, 5.41) is 0. The van der Waals surface area contributed by atoms with Crippen molar-refractivity contribution in [1.82, 2.24) is 4.90 Å². The minimum atomic E-state index is -1.32. The second-order valence-electron chi connectivity index (χ2n) is 3.97. The summed E-state index contributed by atoms with van der Waals surface area (Å²) in [4.78, 5) is 24.7. The lowest BCUT2D eigenvalue weighted by molar-refractivity contribution is -0.146. The molecule has 18 heavy (non-hydrogen) atoms. The number of rotatable bonds is 8. The van der Waals surface area contributed by atoms with E-state index >= 15 is 0 Å². The van der Waals surface area contributed by atoms with Gasteiger partial charge in [0, 0.05) is 29.6 Å². The van der Waals surface area contributed by atoms with Crippen LogP contribution in [0.15, 0.2) is 0 Å². The summed E-state index contributed by atoms with van der Waals surface area (Å²) in [6.45, 7) is 8.69. The number of carbonyl (C=O) groups excluding carboxylic acids is 2. The van der Waals surface area contributed by atoms with Crippen LogP contribution in [0.4, 0.5) is 0 Å². The van der Waals surface area contributed by atoms with Gasteiger partial charge in [0.05, 0.1) is 12.5 Å². The molecular formula is C12H23NO4S. The highest BCUT2D eigenvalue weighted by Gasteiger charge is 2.20. The Morgan fingerprint density at radius 1 is 1.22 bits per heavy atom. The van der Waals surface area contributed by atoms with E-state index in [0.717, 1.165) is 0 Å². The fourth-order valence-electron chi connectivity index (χ4n) is 1.50. The molecule has 0 aliphatic heterocycles. The molecule has 0 aliphatic rings. The number of esters is 1. The Morgan fingerprint density at radius 3 is 2.22 bits per heavy atom. The summed E-state index contributed by atoms with van der Waals surface area (Å²) in [6, 6.07) is 0.